The van der Waals surface area contributed by atoms with E-state index >= 15 is 0 Å². The summed E-state index contributed by atoms with van der Waals surface area (Å²) in [5.74, 6) is -0.146. The van der Waals surface area contributed by atoms with E-state index in [-0.39, 0.29) is 11.9 Å². The quantitative estimate of drug-likeness (QED) is 0.708. The van der Waals surface area contributed by atoms with Gasteiger partial charge in [-0.25, -0.2) is 9.78 Å². The van der Waals surface area contributed by atoms with Crippen LogP contribution in [0.5, 0.6) is 0 Å². The zero-order chi connectivity index (χ0) is 16.7. The Labute approximate surface area is 139 Å². The molecule has 3 amide bonds. The SMILES string of the molecule is Cc1ccc(C(=O)NCCNC(=O)NCc2cnc(C)s2)cc1. The van der Waals surface area contributed by atoms with Gasteiger partial charge in [-0.05, 0) is 26.0 Å². The van der Waals surface area contributed by atoms with Crippen molar-refractivity contribution >= 4 is 23.3 Å². The Kier molecular flexibility index (Phi) is 6.10. The third kappa shape index (κ3) is 5.71. The van der Waals surface area contributed by atoms with Gasteiger partial charge in [0.2, 0.25) is 0 Å². The molecule has 0 fully saturated rings. The topological polar surface area (TPSA) is 83.1 Å². The number of amides is 3. The summed E-state index contributed by atoms with van der Waals surface area (Å²) < 4.78 is 0. The maximum atomic E-state index is 11.9. The van der Waals surface area contributed by atoms with Crippen LogP contribution in [0.25, 0.3) is 0 Å². The molecule has 0 saturated heterocycles. The molecule has 2 aromatic rings. The van der Waals surface area contributed by atoms with E-state index in [2.05, 4.69) is 20.9 Å². The van der Waals surface area contributed by atoms with Crippen molar-refractivity contribution in [3.8, 4) is 0 Å². The lowest BCUT2D eigenvalue weighted by atomic mass is 10.1. The largest absolute Gasteiger partial charge is 0.350 e. The van der Waals surface area contributed by atoms with Gasteiger partial charge >= 0.3 is 6.03 Å². The maximum absolute atomic E-state index is 11.9. The monoisotopic (exact) mass is 332 g/mol. The number of hydrogen-bond donors (Lipinski definition) is 3. The minimum absolute atomic E-state index is 0.146. The van der Waals surface area contributed by atoms with Gasteiger partial charge < -0.3 is 16.0 Å². The Morgan fingerprint density at radius 3 is 2.39 bits per heavy atom. The van der Waals surface area contributed by atoms with Crippen LogP contribution in [0, 0.1) is 13.8 Å². The lowest BCUT2D eigenvalue weighted by molar-refractivity contribution is 0.0954. The molecule has 1 heterocycles. The summed E-state index contributed by atoms with van der Waals surface area (Å²) in [5.41, 5.74) is 1.72. The van der Waals surface area contributed by atoms with Crippen LogP contribution in [0.15, 0.2) is 30.5 Å². The van der Waals surface area contributed by atoms with Gasteiger partial charge in [-0.15, -0.1) is 11.3 Å². The number of rotatable bonds is 6. The van der Waals surface area contributed by atoms with Crippen LogP contribution in [0.2, 0.25) is 0 Å². The summed E-state index contributed by atoms with van der Waals surface area (Å²) in [6.45, 7) is 5.08. The van der Waals surface area contributed by atoms with Crippen LogP contribution in [0.3, 0.4) is 0 Å². The number of urea groups is 1. The average Bonchev–Trinajstić information content (AvgIpc) is 2.95. The van der Waals surface area contributed by atoms with Crippen LogP contribution in [-0.4, -0.2) is 30.0 Å². The van der Waals surface area contributed by atoms with Crippen molar-refractivity contribution in [2.24, 2.45) is 0 Å². The Hall–Kier alpha value is -2.41. The van der Waals surface area contributed by atoms with E-state index in [0.29, 0.717) is 25.2 Å². The van der Waals surface area contributed by atoms with Crippen molar-refractivity contribution in [1.82, 2.24) is 20.9 Å². The van der Waals surface area contributed by atoms with E-state index in [1.54, 1.807) is 29.7 Å². The van der Waals surface area contributed by atoms with E-state index in [1.165, 1.54) is 0 Å². The predicted molar refractivity (Wildman–Crippen MR) is 90.6 cm³/mol. The number of aromatic nitrogens is 1. The minimum Gasteiger partial charge on any atom is -0.350 e. The van der Waals surface area contributed by atoms with Crippen LogP contribution < -0.4 is 16.0 Å². The third-order valence-electron chi connectivity index (χ3n) is 3.10. The fourth-order valence-corrected chi connectivity index (χ4v) is 2.61. The highest BCUT2D eigenvalue weighted by molar-refractivity contribution is 7.11. The molecule has 1 aromatic heterocycles. The normalized spacial score (nSPS) is 10.2. The Morgan fingerprint density at radius 1 is 1.04 bits per heavy atom. The molecule has 0 unspecified atom stereocenters. The number of aryl methyl sites for hydroxylation is 2. The second-order valence-corrected chi connectivity index (χ2v) is 6.40. The molecule has 2 rings (SSSR count). The van der Waals surface area contributed by atoms with Crippen LogP contribution >= 0.6 is 11.3 Å². The summed E-state index contributed by atoms with van der Waals surface area (Å²) in [4.78, 5) is 28.6. The molecule has 6 nitrogen and oxygen atoms in total. The fourth-order valence-electron chi connectivity index (χ4n) is 1.88. The zero-order valence-electron chi connectivity index (χ0n) is 13.2. The van der Waals surface area contributed by atoms with Crippen molar-refractivity contribution in [2.45, 2.75) is 20.4 Å². The Bertz CT molecular complexity index is 667. The van der Waals surface area contributed by atoms with Gasteiger partial charge in [0.05, 0.1) is 11.6 Å². The number of thiazole rings is 1. The number of carbonyl (C=O) groups is 2. The van der Waals surface area contributed by atoms with Crippen molar-refractivity contribution < 1.29 is 9.59 Å². The summed E-state index contributed by atoms with van der Waals surface area (Å²) in [7, 11) is 0. The van der Waals surface area contributed by atoms with E-state index in [9.17, 15) is 9.59 Å². The fraction of sp³-hybridized carbons (Fsp3) is 0.312. The second kappa shape index (κ2) is 8.28. The highest BCUT2D eigenvalue weighted by atomic mass is 32.1. The first-order valence-corrected chi connectivity index (χ1v) is 8.14. The standard InChI is InChI=1S/C16H20N4O2S/c1-11-3-5-13(6-4-11)15(21)17-7-8-18-16(22)20-10-14-9-19-12(2)23-14/h3-6,9H,7-8,10H2,1-2H3,(H,17,21)(H2,18,20,22). The third-order valence-corrected chi connectivity index (χ3v) is 4.01. The van der Waals surface area contributed by atoms with Crippen molar-refractivity contribution in [3.05, 3.63) is 51.5 Å². The molecule has 0 aliphatic heterocycles. The van der Waals surface area contributed by atoms with E-state index in [1.807, 2.05) is 26.0 Å². The first-order chi connectivity index (χ1) is 11.0. The first-order valence-electron chi connectivity index (χ1n) is 7.32. The van der Waals surface area contributed by atoms with Crippen LogP contribution in [0.4, 0.5) is 4.79 Å². The second-order valence-electron chi connectivity index (χ2n) is 5.08. The molecule has 0 spiro atoms. The summed E-state index contributed by atoms with van der Waals surface area (Å²) in [6, 6.07) is 7.08. The highest BCUT2D eigenvalue weighted by Gasteiger charge is 2.05. The lowest BCUT2D eigenvalue weighted by Gasteiger charge is -2.08. The van der Waals surface area contributed by atoms with Gasteiger partial charge in [0.25, 0.3) is 5.91 Å². The number of hydrogen-bond acceptors (Lipinski definition) is 4. The molecule has 0 radical (unpaired) electrons. The van der Waals surface area contributed by atoms with Gasteiger partial charge in [-0.1, -0.05) is 17.7 Å². The molecule has 0 saturated carbocycles. The molecular weight excluding hydrogens is 312 g/mol. The van der Waals surface area contributed by atoms with Gasteiger partial charge in [-0.2, -0.15) is 0 Å². The molecule has 0 aliphatic rings. The van der Waals surface area contributed by atoms with E-state index < -0.39 is 0 Å². The van der Waals surface area contributed by atoms with Crippen LogP contribution in [0.1, 0.15) is 25.8 Å². The zero-order valence-corrected chi connectivity index (χ0v) is 14.0. The number of carbonyl (C=O) groups excluding carboxylic acids is 2. The van der Waals surface area contributed by atoms with Gasteiger partial charge in [0.15, 0.2) is 0 Å². The molecule has 23 heavy (non-hydrogen) atoms. The maximum Gasteiger partial charge on any atom is 0.315 e. The molecule has 0 atom stereocenters. The molecular formula is C16H20N4O2S. The van der Waals surface area contributed by atoms with E-state index in [0.717, 1.165) is 15.4 Å². The van der Waals surface area contributed by atoms with Crippen molar-refractivity contribution in [2.75, 3.05) is 13.1 Å². The number of nitrogens with one attached hydrogen (secondary N) is 3. The summed E-state index contributed by atoms with van der Waals surface area (Å²) in [5, 5.41) is 9.18. The molecule has 1 aromatic carbocycles. The predicted octanol–water partition coefficient (Wildman–Crippen LogP) is 1.99. The van der Waals surface area contributed by atoms with Gasteiger partial charge in [0.1, 0.15) is 0 Å². The molecule has 7 heteroatoms. The van der Waals surface area contributed by atoms with E-state index in [4.69, 9.17) is 0 Å². The molecule has 0 aliphatic carbocycles. The van der Waals surface area contributed by atoms with Crippen molar-refractivity contribution in [3.63, 3.8) is 0 Å². The Morgan fingerprint density at radius 2 is 1.74 bits per heavy atom. The summed E-state index contributed by atoms with van der Waals surface area (Å²) >= 11 is 1.55. The average molecular weight is 332 g/mol. The molecule has 122 valence electrons. The minimum atomic E-state index is -0.263. The van der Waals surface area contributed by atoms with Gasteiger partial charge in [0, 0.05) is 29.7 Å². The number of benzene rings is 1. The molecule has 3 N–H and O–H groups in total. The first kappa shape index (κ1) is 17.0. The highest BCUT2D eigenvalue weighted by Crippen LogP contribution is 2.10. The van der Waals surface area contributed by atoms with Crippen LogP contribution in [-0.2, 0) is 6.54 Å². The lowest BCUT2D eigenvalue weighted by Crippen LogP contribution is -2.39. The molecule has 0 bridgehead atoms. The number of nitrogens with zero attached hydrogens (tertiary/aromatic N) is 1. The smallest absolute Gasteiger partial charge is 0.315 e. The summed E-state index contributed by atoms with van der Waals surface area (Å²) in [6.07, 6.45) is 1.75. The Balaban J connectivity index is 1.62. The van der Waals surface area contributed by atoms with Crippen molar-refractivity contribution in [1.29, 1.82) is 0 Å². The van der Waals surface area contributed by atoms with Gasteiger partial charge in [-0.3, -0.25) is 4.79 Å².